The maximum Gasteiger partial charge on any atom is 0.291 e. The first-order chi connectivity index (χ1) is 15.1. The van der Waals surface area contributed by atoms with Crippen molar-refractivity contribution >= 4 is 28.7 Å². The number of benzene rings is 2. The van der Waals surface area contributed by atoms with Crippen LogP contribution in [0.5, 0.6) is 0 Å². The number of alkyl halides is 2. The Hall–Kier alpha value is -2.45. The third-order valence-corrected chi connectivity index (χ3v) is 6.25. The summed E-state index contributed by atoms with van der Waals surface area (Å²) in [7, 11) is 0. The monoisotopic (exact) mass is 444 g/mol. The van der Waals surface area contributed by atoms with Crippen molar-refractivity contribution in [1.29, 1.82) is 0 Å². The molecule has 0 atom stereocenters. The van der Waals surface area contributed by atoms with Crippen molar-refractivity contribution in [1.82, 2.24) is 19.8 Å². The highest BCUT2D eigenvalue weighted by Gasteiger charge is 2.18. The lowest BCUT2D eigenvalue weighted by atomic mass is 10.0. The zero-order valence-electron chi connectivity index (χ0n) is 17.3. The van der Waals surface area contributed by atoms with Crippen molar-refractivity contribution in [3.63, 3.8) is 0 Å². The van der Waals surface area contributed by atoms with Crippen LogP contribution in [0.3, 0.4) is 0 Å². The average Bonchev–Trinajstić information content (AvgIpc) is 3.10. The second-order valence-corrected chi connectivity index (χ2v) is 8.69. The lowest BCUT2D eigenvalue weighted by molar-refractivity contribution is -0.121. The van der Waals surface area contributed by atoms with Crippen molar-refractivity contribution in [3.05, 3.63) is 59.7 Å². The van der Waals surface area contributed by atoms with Crippen molar-refractivity contribution in [2.24, 2.45) is 0 Å². The normalized spacial score (nSPS) is 14.9. The molecule has 0 unspecified atom stereocenters. The number of fused-ring (bicyclic) bond motifs is 1. The maximum atomic E-state index is 13.0. The number of aromatic nitrogens is 2. The van der Waals surface area contributed by atoms with Gasteiger partial charge in [0.2, 0.25) is 5.91 Å². The minimum Gasteiger partial charge on any atom is -0.350 e. The van der Waals surface area contributed by atoms with E-state index in [9.17, 15) is 13.6 Å². The minimum absolute atomic E-state index is 0.0517. The van der Waals surface area contributed by atoms with Gasteiger partial charge < -0.3 is 9.88 Å². The fourth-order valence-electron chi connectivity index (χ4n) is 4.01. The summed E-state index contributed by atoms with van der Waals surface area (Å²) >= 11 is 0.362. The second-order valence-electron chi connectivity index (χ2n) is 7.73. The number of rotatable bonds is 8. The van der Waals surface area contributed by atoms with Gasteiger partial charge in [-0.1, -0.05) is 42.8 Å². The van der Waals surface area contributed by atoms with E-state index >= 15 is 0 Å². The number of halogens is 2. The predicted octanol–water partition coefficient (Wildman–Crippen LogP) is 4.65. The predicted molar refractivity (Wildman–Crippen MR) is 119 cm³/mol. The van der Waals surface area contributed by atoms with Gasteiger partial charge in [0.15, 0.2) is 5.16 Å². The molecule has 2 heterocycles. The first-order valence-corrected chi connectivity index (χ1v) is 11.4. The first-order valence-electron chi connectivity index (χ1n) is 10.6. The van der Waals surface area contributed by atoms with E-state index in [4.69, 9.17) is 0 Å². The van der Waals surface area contributed by atoms with Gasteiger partial charge in [0.25, 0.3) is 5.76 Å². The van der Waals surface area contributed by atoms with Crippen LogP contribution in [0.4, 0.5) is 8.78 Å². The Labute approximate surface area is 184 Å². The van der Waals surface area contributed by atoms with Crippen molar-refractivity contribution in [2.45, 2.75) is 49.8 Å². The zero-order chi connectivity index (χ0) is 21.6. The molecule has 1 saturated heterocycles. The average molecular weight is 445 g/mol. The molecule has 0 bridgehead atoms. The van der Waals surface area contributed by atoms with E-state index in [1.165, 1.54) is 24.8 Å². The summed E-state index contributed by atoms with van der Waals surface area (Å²) in [6.45, 7) is 3.46. The Morgan fingerprint density at radius 2 is 1.74 bits per heavy atom. The minimum atomic E-state index is -2.60. The molecular formula is C23H26F2N4OS. The van der Waals surface area contributed by atoms with Crippen LogP contribution < -0.4 is 5.32 Å². The second kappa shape index (κ2) is 10.2. The van der Waals surface area contributed by atoms with Crippen LogP contribution in [-0.4, -0.2) is 39.2 Å². The largest absolute Gasteiger partial charge is 0.350 e. The van der Waals surface area contributed by atoms with Crippen LogP contribution in [0, 0.1) is 0 Å². The first kappa shape index (κ1) is 21.8. The maximum absolute atomic E-state index is 13.0. The SMILES string of the molecule is O=C(Cn1c(SC(F)F)nc2ccccc21)NCc1ccccc1CN1CCCCC1. The fraction of sp³-hybridized carbons (Fsp3) is 0.391. The standard InChI is InChI=1S/C23H26F2N4OS/c24-22(25)31-23-27-19-10-4-5-11-20(19)29(23)16-21(30)26-14-17-8-2-3-9-18(17)15-28-12-6-1-7-13-28/h2-5,8-11,22H,1,6-7,12-16H2,(H,26,30). The molecule has 3 aromatic rings. The van der Waals surface area contributed by atoms with Gasteiger partial charge in [0.05, 0.1) is 11.0 Å². The molecule has 1 aromatic heterocycles. The molecule has 5 nitrogen and oxygen atoms in total. The Morgan fingerprint density at radius 3 is 2.52 bits per heavy atom. The molecule has 0 aliphatic carbocycles. The van der Waals surface area contributed by atoms with Gasteiger partial charge in [0.1, 0.15) is 6.54 Å². The summed E-state index contributed by atoms with van der Waals surface area (Å²) in [6.07, 6.45) is 3.76. The Morgan fingerprint density at radius 1 is 1.03 bits per heavy atom. The van der Waals surface area contributed by atoms with Gasteiger partial charge in [0, 0.05) is 13.1 Å². The molecule has 4 rings (SSSR count). The number of amides is 1. The number of nitrogens with zero attached hydrogens (tertiary/aromatic N) is 3. The van der Waals surface area contributed by atoms with E-state index in [-0.39, 0.29) is 17.6 Å². The molecule has 0 spiro atoms. The van der Waals surface area contributed by atoms with Gasteiger partial charge in [-0.25, -0.2) is 4.98 Å². The van der Waals surface area contributed by atoms with Gasteiger partial charge in [-0.15, -0.1) is 0 Å². The van der Waals surface area contributed by atoms with E-state index < -0.39 is 5.76 Å². The number of hydrogen-bond acceptors (Lipinski definition) is 4. The number of nitrogens with one attached hydrogen (secondary N) is 1. The molecule has 8 heteroatoms. The van der Waals surface area contributed by atoms with Crippen LogP contribution in [0.15, 0.2) is 53.7 Å². The quantitative estimate of drug-likeness (QED) is 0.514. The summed E-state index contributed by atoms with van der Waals surface area (Å²) in [4.78, 5) is 19.4. The molecule has 1 aliphatic heterocycles. The van der Waals surface area contributed by atoms with E-state index in [0.717, 1.165) is 25.2 Å². The molecule has 1 aliphatic rings. The van der Waals surface area contributed by atoms with Crippen LogP contribution >= 0.6 is 11.8 Å². The molecule has 0 saturated carbocycles. The number of carbonyl (C=O) groups excluding carboxylic acids is 1. The topological polar surface area (TPSA) is 50.2 Å². The fourth-order valence-corrected chi connectivity index (χ4v) is 4.61. The van der Waals surface area contributed by atoms with Gasteiger partial charge in [-0.3, -0.25) is 9.69 Å². The van der Waals surface area contributed by atoms with Gasteiger partial charge in [-0.2, -0.15) is 8.78 Å². The summed E-state index contributed by atoms with van der Waals surface area (Å²) in [6, 6.07) is 15.3. The number of para-hydroxylation sites is 2. The van der Waals surface area contributed by atoms with Crippen LogP contribution in [-0.2, 0) is 24.4 Å². The van der Waals surface area contributed by atoms with Crippen molar-refractivity contribution in [3.8, 4) is 0 Å². The highest BCUT2D eigenvalue weighted by atomic mass is 32.2. The lowest BCUT2D eigenvalue weighted by Gasteiger charge is -2.27. The van der Waals surface area contributed by atoms with E-state index in [1.54, 1.807) is 22.8 Å². The number of hydrogen-bond donors (Lipinski definition) is 1. The smallest absolute Gasteiger partial charge is 0.291 e. The molecule has 2 aromatic carbocycles. The van der Waals surface area contributed by atoms with Gasteiger partial charge >= 0.3 is 0 Å². The van der Waals surface area contributed by atoms with Crippen LogP contribution in [0.25, 0.3) is 11.0 Å². The third-order valence-electron chi connectivity index (χ3n) is 5.55. The number of piperidine rings is 1. The van der Waals surface area contributed by atoms with Gasteiger partial charge in [-0.05, 0) is 61.0 Å². The summed E-state index contributed by atoms with van der Waals surface area (Å²) < 4.78 is 27.5. The third kappa shape index (κ3) is 5.62. The van der Waals surface area contributed by atoms with Crippen molar-refractivity contribution < 1.29 is 13.6 Å². The lowest BCUT2D eigenvalue weighted by Crippen LogP contribution is -2.31. The summed E-state index contributed by atoms with van der Waals surface area (Å²) in [5.74, 6) is -2.83. The zero-order valence-corrected chi connectivity index (χ0v) is 18.1. The molecule has 0 radical (unpaired) electrons. The van der Waals surface area contributed by atoms with Crippen molar-refractivity contribution in [2.75, 3.05) is 13.1 Å². The molecular weight excluding hydrogens is 418 g/mol. The highest BCUT2D eigenvalue weighted by molar-refractivity contribution is 7.99. The number of likely N-dealkylation sites (tertiary alicyclic amines) is 1. The van der Waals surface area contributed by atoms with E-state index in [1.807, 2.05) is 24.3 Å². The number of carbonyl (C=O) groups is 1. The Kier molecular flexibility index (Phi) is 7.19. The van der Waals surface area contributed by atoms with Crippen LogP contribution in [0.2, 0.25) is 0 Å². The summed E-state index contributed by atoms with van der Waals surface area (Å²) in [5, 5.41) is 3.11. The number of thioether (sulfide) groups is 1. The van der Waals surface area contributed by atoms with Crippen LogP contribution in [0.1, 0.15) is 30.4 Å². The molecule has 1 fully saturated rings. The molecule has 1 N–H and O–H groups in total. The Balaban J connectivity index is 1.43. The van der Waals surface area contributed by atoms with E-state index in [0.29, 0.717) is 29.3 Å². The molecule has 164 valence electrons. The number of imidazole rings is 1. The molecule has 31 heavy (non-hydrogen) atoms. The molecule has 1 amide bonds. The highest BCUT2D eigenvalue weighted by Crippen LogP contribution is 2.28. The summed E-state index contributed by atoms with van der Waals surface area (Å²) in [5.41, 5.74) is 3.57. The Bertz CT molecular complexity index is 1030. The van der Waals surface area contributed by atoms with E-state index in [2.05, 4.69) is 21.3 Å².